The second kappa shape index (κ2) is 4.20. The molecule has 1 aromatic rings. The second-order valence-electron chi connectivity index (χ2n) is 3.84. The summed E-state index contributed by atoms with van der Waals surface area (Å²) in [5.74, 6) is 0.501. The van der Waals surface area contributed by atoms with E-state index in [1.165, 1.54) is 0 Å². The molecule has 1 atom stereocenters. The van der Waals surface area contributed by atoms with Crippen LogP contribution < -0.4 is 5.73 Å². The van der Waals surface area contributed by atoms with E-state index in [0.29, 0.717) is 5.92 Å². The molecule has 0 bridgehead atoms. The smallest absolute Gasteiger partial charge is 0.0943 e. The number of nitrogens with two attached hydrogens (primary N) is 1. The van der Waals surface area contributed by atoms with Crippen LogP contribution in [0.25, 0.3) is 0 Å². The Morgan fingerprint density at radius 2 is 2.31 bits per heavy atom. The Hall–Kier alpha value is -0.410. The molecular formula is C10H18N2S. The van der Waals surface area contributed by atoms with Gasteiger partial charge in [0, 0.05) is 23.5 Å². The predicted molar refractivity (Wildman–Crippen MR) is 57.9 cm³/mol. The third kappa shape index (κ3) is 2.51. The first kappa shape index (κ1) is 10.7. The summed E-state index contributed by atoms with van der Waals surface area (Å²) in [4.78, 5) is 4.27. The van der Waals surface area contributed by atoms with Gasteiger partial charge in [0.2, 0.25) is 0 Å². The summed E-state index contributed by atoms with van der Waals surface area (Å²) in [7, 11) is 0. The lowest BCUT2D eigenvalue weighted by atomic mass is 9.82. The molecule has 2 nitrogen and oxygen atoms in total. The van der Waals surface area contributed by atoms with Crippen LogP contribution in [0.4, 0.5) is 0 Å². The minimum Gasteiger partial charge on any atom is -0.324 e. The third-order valence-electron chi connectivity index (χ3n) is 2.77. The van der Waals surface area contributed by atoms with Crippen molar-refractivity contribution in [3.8, 4) is 0 Å². The normalized spacial score (nSPS) is 16.1. The SMILES string of the molecule is CCC(N)(Cc1nccs1)C(C)C. The van der Waals surface area contributed by atoms with Crippen molar-refractivity contribution in [3.63, 3.8) is 0 Å². The van der Waals surface area contributed by atoms with Crippen molar-refractivity contribution in [3.05, 3.63) is 16.6 Å². The minimum absolute atomic E-state index is 0.0855. The maximum atomic E-state index is 6.30. The van der Waals surface area contributed by atoms with E-state index in [2.05, 4.69) is 25.8 Å². The van der Waals surface area contributed by atoms with Crippen LogP contribution in [-0.2, 0) is 6.42 Å². The molecule has 0 saturated carbocycles. The van der Waals surface area contributed by atoms with Gasteiger partial charge in [-0.1, -0.05) is 20.8 Å². The fourth-order valence-corrected chi connectivity index (χ4v) is 2.11. The van der Waals surface area contributed by atoms with E-state index in [-0.39, 0.29) is 5.54 Å². The first-order valence-electron chi connectivity index (χ1n) is 4.75. The number of hydrogen-bond donors (Lipinski definition) is 1. The Bertz CT molecular complexity index is 243. The van der Waals surface area contributed by atoms with Crippen molar-refractivity contribution >= 4 is 11.3 Å². The predicted octanol–water partition coefficient (Wildman–Crippen LogP) is 2.45. The van der Waals surface area contributed by atoms with E-state index >= 15 is 0 Å². The highest BCUT2D eigenvalue weighted by molar-refractivity contribution is 7.09. The van der Waals surface area contributed by atoms with Crippen molar-refractivity contribution < 1.29 is 0 Å². The molecular weight excluding hydrogens is 180 g/mol. The molecule has 0 aliphatic rings. The molecule has 1 heterocycles. The summed E-state index contributed by atoms with van der Waals surface area (Å²) < 4.78 is 0. The van der Waals surface area contributed by atoms with Gasteiger partial charge in [-0.25, -0.2) is 4.98 Å². The van der Waals surface area contributed by atoms with Crippen LogP contribution in [-0.4, -0.2) is 10.5 Å². The average molecular weight is 198 g/mol. The number of rotatable bonds is 4. The van der Waals surface area contributed by atoms with Gasteiger partial charge in [-0.3, -0.25) is 0 Å². The lowest BCUT2D eigenvalue weighted by Crippen LogP contribution is -2.46. The zero-order valence-electron chi connectivity index (χ0n) is 8.58. The molecule has 0 fully saturated rings. The topological polar surface area (TPSA) is 38.9 Å². The summed E-state index contributed by atoms with van der Waals surface area (Å²) in [5.41, 5.74) is 6.21. The lowest BCUT2D eigenvalue weighted by molar-refractivity contribution is 0.296. The van der Waals surface area contributed by atoms with Crippen molar-refractivity contribution in [2.75, 3.05) is 0 Å². The molecule has 3 heteroatoms. The Kier molecular flexibility index (Phi) is 3.45. The van der Waals surface area contributed by atoms with Gasteiger partial charge in [-0.15, -0.1) is 11.3 Å². The second-order valence-corrected chi connectivity index (χ2v) is 4.82. The van der Waals surface area contributed by atoms with Crippen molar-refractivity contribution in [2.24, 2.45) is 11.7 Å². The fourth-order valence-electron chi connectivity index (χ4n) is 1.36. The highest BCUT2D eigenvalue weighted by Crippen LogP contribution is 2.23. The van der Waals surface area contributed by atoms with Crippen LogP contribution in [0.2, 0.25) is 0 Å². The first-order valence-corrected chi connectivity index (χ1v) is 5.63. The van der Waals surface area contributed by atoms with Gasteiger partial charge in [0.15, 0.2) is 0 Å². The fraction of sp³-hybridized carbons (Fsp3) is 0.700. The van der Waals surface area contributed by atoms with Gasteiger partial charge in [0.25, 0.3) is 0 Å². The van der Waals surface area contributed by atoms with Gasteiger partial charge in [0.1, 0.15) is 0 Å². The van der Waals surface area contributed by atoms with Crippen molar-refractivity contribution in [1.82, 2.24) is 4.98 Å². The largest absolute Gasteiger partial charge is 0.324 e. The van der Waals surface area contributed by atoms with Gasteiger partial charge in [0.05, 0.1) is 5.01 Å². The molecule has 1 unspecified atom stereocenters. The summed E-state index contributed by atoms with van der Waals surface area (Å²) in [6, 6.07) is 0. The highest BCUT2D eigenvalue weighted by atomic mass is 32.1. The molecule has 0 saturated heterocycles. The number of aromatic nitrogens is 1. The summed E-state index contributed by atoms with van der Waals surface area (Å²) in [6.07, 6.45) is 3.75. The molecule has 1 rings (SSSR count). The Morgan fingerprint density at radius 1 is 1.62 bits per heavy atom. The van der Waals surface area contributed by atoms with E-state index in [9.17, 15) is 0 Å². The zero-order valence-corrected chi connectivity index (χ0v) is 9.40. The molecule has 0 aromatic carbocycles. The monoisotopic (exact) mass is 198 g/mol. The van der Waals surface area contributed by atoms with E-state index in [1.54, 1.807) is 11.3 Å². The maximum Gasteiger partial charge on any atom is 0.0943 e. The van der Waals surface area contributed by atoms with Crippen molar-refractivity contribution in [1.29, 1.82) is 0 Å². The Morgan fingerprint density at radius 3 is 2.69 bits per heavy atom. The molecule has 0 amide bonds. The maximum absolute atomic E-state index is 6.30. The quantitative estimate of drug-likeness (QED) is 0.807. The molecule has 13 heavy (non-hydrogen) atoms. The van der Waals surface area contributed by atoms with E-state index in [0.717, 1.165) is 17.8 Å². The summed E-state index contributed by atoms with van der Waals surface area (Å²) in [6.45, 7) is 6.50. The molecule has 2 N–H and O–H groups in total. The molecule has 0 spiro atoms. The minimum atomic E-state index is -0.0855. The van der Waals surface area contributed by atoms with Gasteiger partial charge in [-0.05, 0) is 12.3 Å². The molecule has 0 aliphatic heterocycles. The van der Waals surface area contributed by atoms with Crippen LogP contribution in [0.3, 0.4) is 0 Å². The lowest BCUT2D eigenvalue weighted by Gasteiger charge is -2.31. The molecule has 1 aromatic heterocycles. The first-order chi connectivity index (χ1) is 6.08. The Balaban J connectivity index is 2.69. The number of hydrogen-bond acceptors (Lipinski definition) is 3. The van der Waals surface area contributed by atoms with Gasteiger partial charge in [-0.2, -0.15) is 0 Å². The van der Waals surface area contributed by atoms with Crippen LogP contribution in [0.15, 0.2) is 11.6 Å². The standard InChI is InChI=1S/C10H18N2S/c1-4-10(11,8(2)3)7-9-12-5-6-13-9/h5-6,8H,4,7,11H2,1-3H3. The van der Waals surface area contributed by atoms with E-state index in [4.69, 9.17) is 5.73 Å². The van der Waals surface area contributed by atoms with Crippen molar-refractivity contribution in [2.45, 2.75) is 39.2 Å². The highest BCUT2D eigenvalue weighted by Gasteiger charge is 2.27. The molecule has 74 valence electrons. The van der Waals surface area contributed by atoms with Crippen LogP contribution >= 0.6 is 11.3 Å². The number of thiazole rings is 1. The third-order valence-corrected chi connectivity index (χ3v) is 3.55. The van der Waals surface area contributed by atoms with Gasteiger partial charge >= 0.3 is 0 Å². The zero-order chi connectivity index (χ0) is 9.90. The summed E-state index contributed by atoms with van der Waals surface area (Å²) >= 11 is 1.69. The number of nitrogens with zero attached hydrogens (tertiary/aromatic N) is 1. The van der Waals surface area contributed by atoms with Crippen LogP contribution in [0, 0.1) is 5.92 Å². The average Bonchev–Trinajstić information content (AvgIpc) is 2.56. The summed E-state index contributed by atoms with van der Waals surface area (Å²) in [5, 5.41) is 3.16. The van der Waals surface area contributed by atoms with Crippen LogP contribution in [0.5, 0.6) is 0 Å². The molecule has 0 aliphatic carbocycles. The Labute approximate surface area is 84.2 Å². The molecule has 0 radical (unpaired) electrons. The van der Waals surface area contributed by atoms with E-state index < -0.39 is 0 Å². The van der Waals surface area contributed by atoms with E-state index in [1.807, 2.05) is 11.6 Å². The van der Waals surface area contributed by atoms with Crippen LogP contribution in [0.1, 0.15) is 32.2 Å². The van der Waals surface area contributed by atoms with Gasteiger partial charge < -0.3 is 5.73 Å².